The topological polar surface area (TPSA) is 67.2 Å². The lowest BCUT2D eigenvalue weighted by molar-refractivity contribution is -0.255. The Kier molecular flexibility index (Phi) is 3.88. The van der Waals surface area contributed by atoms with E-state index in [0.29, 0.717) is 15.2 Å². The number of aromatic carboxylic acids is 1. The maximum absolute atomic E-state index is 10.5. The predicted octanol–water partition coefficient (Wildman–Crippen LogP) is 1.70. The van der Waals surface area contributed by atoms with Crippen molar-refractivity contribution >= 4 is 33.5 Å². The first kappa shape index (κ1) is 12.9. The second-order valence-electron chi connectivity index (χ2n) is 3.38. The monoisotopic (exact) mass is 329 g/mol. The van der Waals surface area contributed by atoms with Crippen LogP contribution >= 0.6 is 27.5 Å². The van der Waals surface area contributed by atoms with E-state index in [2.05, 4.69) is 21.0 Å². The highest BCUT2D eigenvalue weighted by atomic mass is 79.9. The number of aromatic nitrogens is 2. The summed E-state index contributed by atoms with van der Waals surface area (Å²) in [6, 6.07) is 6.44. The van der Waals surface area contributed by atoms with E-state index in [4.69, 9.17) is 16.3 Å². The second-order valence-corrected chi connectivity index (χ2v) is 4.67. The zero-order valence-corrected chi connectivity index (χ0v) is 11.3. The average Bonchev–Trinajstić information content (AvgIpc) is 2.76. The fourth-order valence-corrected chi connectivity index (χ4v) is 2.07. The smallest absolute Gasteiger partial charge is 0.180 e. The van der Waals surface area contributed by atoms with Crippen LogP contribution in [0.5, 0.6) is 5.75 Å². The molecule has 94 valence electrons. The molecule has 18 heavy (non-hydrogen) atoms. The number of carbonyl (C=O) groups excluding carboxylic acids is 1. The molecule has 2 aromatic rings. The van der Waals surface area contributed by atoms with Gasteiger partial charge in [0.2, 0.25) is 0 Å². The van der Waals surface area contributed by atoms with E-state index in [1.165, 1.54) is 16.9 Å². The van der Waals surface area contributed by atoms with E-state index in [-0.39, 0.29) is 12.4 Å². The highest BCUT2D eigenvalue weighted by Crippen LogP contribution is 2.28. The number of rotatable bonds is 4. The van der Waals surface area contributed by atoms with Crippen LogP contribution in [0.2, 0.25) is 5.02 Å². The molecule has 0 saturated carbocycles. The van der Waals surface area contributed by atoms with E-state index >= 15 is 0 Å². The summed E-state index contributed by atoms with van der Waals surface area (Å²) in [7, 11) is 0. The molecule has 0 spiro atoms. The Bertz CT molecular complexity index is 585. The van der Waals surface area contributed by atoms with E-state index in [1.54, 1.807) is 18.2 Å². The van der Waals surface area contributed by atoms with Gasteiger partial charge in [0.25, 0.3) is 0 Å². The van der Waals surface area contributed by atoms with Gasteiger partial charge in [0, 0.05) is 11.2 Å². The molecule has 1 aromatic carbocycles. The summed E-state index contributed by atoms with van der Waals surface area (Å²) >= 11 is 9.10. The van der Waals surface area contributed by atoms with Crippen molar-refractivity contribution in [3.8, 4) is 5.75 Å². The Balaban J connectivity index is 2.04. The van der Waals surface area contributed by atoms with Gasteiger partial charge in [-0.15, -0.1) is 0 Å². The van der Waals surface area contributed by atoms with Gasteiger partial charge in [0.15, 0.2) is 6.73 Å². The molecule has 7 heteroatoms. The molecular weight excluding hydrogens is 323 g/mol. The molecular formula is C11H7BrClN2O3-. The largest absolute Gasteiger partial charge is 0.543 e. The predicted molar refractivity (Wildman–Crippen MR) is 66.3 cm³/mol. The molecule has 0 radical (unpaired) electrons. The Morgan fingerprint density at radius 2 is 2.28 bits per heavy atom. The summed E-state index contributed by atoms with van der Waals surface area (Å²) in [5, 5.41) is 14.9. The number of benzene rings is 1. The number of hydrogen-bond donors (Lipinski definition) is 0. The van der Waals surface area contributed by atoms with E-state index in [0.717, 1.165) is 0 Å². The van der Waals surface area contributed by atoms with E-state index < -0.39 is 5.97 Å². The van der Waals surface area contributed by atoms with E-state index in [1.807, 2.05) is 0 Å². The van der Waals surface area contributed by atoms with Crippen molar-refractivity contribution in [3.63, 3.8) is 0 Å². The molecule has 0 aliphatic rings. The minimum Gasteiger partial charge on any atom is -0.543 e. The third-order valence-corrected chi connectivity index (χ3v) is 2.95. The molecule has 1 heterocycles. The van der Waals surface area contributed by atoms with Crippen molar-refractivity contribution < 1.29 is 14.6 Å². The quantitative estimate of drug-likeness (QED) is 0.856. The van der Waals surface area contributed by atoms with Crippen molar-refractivity contribution in [2.24, 2.45) is 0 Å². The maximum atomic E-state index is 10.5. The molecule has 0 aliphatic heterocycles. The number of hydrogen-bond acceptors (Lipinski definition) is 4. The summed E-state index contributed by atoms with van der Waals surface area (Å²) in [5.74, 6) is -0.730. The number of carbonyl (C=O) groups is 1. The van der Waals surface area contributed by atoms with Gasteiger partial charge in [0.05, 0.1) is 10.4 Å². The van der Waals surface area contributed by atoms with Gasteiger partial charge in [-0.25, -0.2) is 4.68 Å². The van der Waals surface area contributed by atoms with Gasteiger partial charge in [-0.1, -0.05) is 11.6 Å². The number of ether oxygens (including phenoxy) is 1. The van der Waals surface area contributed by atoms with Crippen molar-refractivity contribution in [2.75, 3.05) is 0 Å². The molecule has 0 unspecified atom stereocenters. The van der Waals surface area contributed by atoms with Crippen LogP contribution in [-0.4, -0.2) is 15.7 Å². The first-order chi connectivity index (χ1) is 8.56. The molecule has 0 amide bonds. The van der Waals surface area contributed by atoms with Crippen LogP contribution in [0.4, 0.5) is 0 Å². The summed E-state index contributed by atoms with van der Waals surface area (Å²) < 4.78 is 7.52. The van der Waals surface area contributed by atoms with Crippen LogP contribution in [0.1, 0.15) is 10.5 Å². The lowest BCUT2D eigenvalue weighted by Gasteiger charge is -2.08. The minimum absolute atomic E-state index is 0.0908. The standard InChI is InChI=1S/C11H8BrClN2O3/c12-8-5-7(13)1-2-10(8)18-6-15-4-3-9(14-15)11(16)17/h1-5H,6H2,(H,16,17)/p-1. The lowest BCUT2D eigenvalue weighted by atomic mass is 10.3. The Hall–Kier alpha value is -1.53. The summed E-state index contributed by atoms with van der Waals surface area (Å²) in [6.07, 6.45) is 1.49. The first-order valence-corrected chi connectivity index (χ1v) is 6.06. The van der Waals surface area contributed by atoms with Gasteiger partial charge in [-0.3, -0.25) is 0 Å². The molecule has 2 rings (SSSR count). The average molecular weight is 331 g/mol. The van der Waals surface area contributed by atoms with Crippen molar-refractivity contribution in [3.05, 3.63) is 45.7 Å². The fourth-order valence-electron chi connectivity index (χ4n) is 1.27. The van der Waals surface area contributed by atoms with Crippen LogP contribution in [0, 0.1) is 0 Å². The van der Waals surface area contributed by atoms with Crippen LogP contribution in [0.25, 0.3) is 0 Å². The molecule has 0 bridgehead atoms. The third-order valence-electron chi connectivity index (χ3n) is 2.10. The Labute approximate surface area is 116 Å². The SMILES string of the molecule is O=C([O-])c1ccn(COc2ccc(Cl)cc2Br)n1. The zero-order chi connectivity index (χ0) is 13.1. The van der Waals surface area contributed by atoms with Crippen molar-refractivity contribution in [1.29, 1.82) is 0 Å². The summed E-state index contributed by atoms with van der Waals surface area (Å²) in [4.78, 5) is 10.5. The van der Waals surface area contributed by atoms with Crippen molar-refractivity contribution in [2.45, 2.75) is 6.73 Å². The number of nitrogens with zero attached hydrogens (tertiary/aromatic N) is 2. The minimum atomic E-state index is -1.32. The maximum Gasteiger partial charge on any atom is 0.180 e. The summed E-state index contributed by atoms with van der Waals surface area (Å²) in [5.41, 5.74) is -0.131. The first-order valence-electron chi connectivity index (χ1n) is 4.89. The molecule has 5 nitrogen and oxygen atoms in total. The molecule has 0 saturated heterocycles. The summed E-state index contributed by atoms with van der Waals surface area (Å²) in [6.45, 7) is 0.0908. The molecule has 0 atom stereocenters. The van der Waals surface area contributed by atoms with Crippen LogP contribution in [-0.2, 0) is 6.73 Å². The van der Waals surface area contributed by atoms with Crippen LogP contribution in [0.15, 0.2) is 34.9 Å². The third kappa shape index (κ3) is 3.02. The van der Waals surface area contributed by atoms with E-state index in [9.17, 15) is 9.90 Å². The Morgan fingerprint density at radius 3 is 2.89 bits per heavy atom. The lowest BCUT2D eigenvalue weighted by Crippen LogP contribution is -2.23. The number of halogens is 2. The van der Waals surface area contributed by atoms with Gasteiger partial charge in [-0.05, 0) is 40.2 Å². The fraction of sp³-hybridized carbons (Fsp3) is 0.0909. The van der Waals surface area contributed by atoms with Crippen LogP contribution < -0.4 is 9.84 Å². The molecule has 0 N–H and O–H groups in total. The van der Waals surface area contributed by atoms with Gasteiger partial charge >= 0.3 is 0 Å². The highest BCUT2D eigenvalue weighted by molar-refractivity contribution is 9.10. The molecule has 0 aliphatic carbocycles. The van der Waals surface area contributed by atoms with Crippen LogP contribution in [0.3, 0.4) is 0 Å². The number of carboxylic acids is 1. The van der Waals surface area contributed by atoms with Crippen molar-refractivity contribution in [1.82, 2.24) is 9.78 Å². The second kappa shape index (κ2) is 5.41. The molecule has 0 fully saturated rings. The van der Waals surface area contributed by atoms with Gasteiger partial charge < -0.3 is 14.6 Å². The number of carboxylic acid groups (broad SMARTS) is 1. The van der Waals surface area contributed by atoms with Gasteiger partial charge in [-0.2, -0.15) is 5.10 Å². The zero-order valence-electron chi connectivity index (χ0n) is 8.97. The Morgan fingerprint density at radius 1 is 1.50 bits per heavy atom. The normalized spacial score (nSPS) is 10.3. The molecule has 1 aromatic heterocycles. The highest BCUT2D eigenvalue weighted by Gasteiger charge is 2.03. The van der Waals surface area contributed by atoms with Gasteiger partial charge in [0.1, 0.15) is 11.4 Å².